The second-order valence-electron chi connectivity index (χ2n) is 6.50. The van der Waals surface area contributed by atoms with Crippen molar-refractivity contribution < 1.29 is 19.0 Å². The number of carbonyl (C=O) groups is 1. The number of aliphatic hydroxyl groups is 1. The van der Waals surface area contributed by atoms with Crippen molar-refractivity contribution in [3.8, 4) is 0 Å². The molecule has 0 radical (unpaired) electrons. The number of carbonyl (C=O) groups excluding carboxylic acids is 1. The first kappa shape index (κ1) is 18.8. The molecule has 0 aliphatic carbocycles. The van der Waals surface area contributed by atoms with Gasteiger partial charge in [-0.3, -0.25) is 9.69 Å². The fraction of sp³-hybridized carbons (Fsp3) is 0.611. The van der Waals surface area contributed by atoms with Crippen molar-refractivity contribution in [3.05, 3.63) is 35.6 Å². The van der Waals surface area contributed by atoms with Crippen molar-refractivity contribution in [1.82, 2.24) is 10.2 Å². The second kappa shape index (κ2) is 9.11. The number of amides is 1. The van der Waals surface area contributed by atoms with Crippen molar-refractivity contribution in [2.75, 3.05) is 26.2 Å². The first-order valence-corrected chi connectivity index (χ1v) is 8.52. The Balaban J connectivity index is 1.64. The highest BCUT2D eigenvalue weighted by Crippen LogP contribution is 2.17. The van der Waals surface area contributed by atoms with Gasteiger partial charge in [0.1, 0.15) is 5.82 Å². The number of morpholine rings is 1. The molecule has 5 nitrogen and oxygen atoms in total. The maximum absolute atomic E-state index is 13.1. The lowest BCUT2D eigenvalue weighted by Gasteiger charge is -2.35. The molecule has 0 saturated carbocycles. The third-order valence-corrected chi connectivity index (χ3v) is 4.08. The zero-order valence-corrected chi connectivity index (χ0v) is 14.4. The molecule has 1 aliphatic rings. The van der Waals surface area contributed by atoms with Gasteiger partial charge in [0.2, 0.25) is 5.91 Å². The third kappa shape index (κ3) is 6.19. The molecule has 1 fully saturated rings. The first-order chi connectivity index (χ1) is 11.4. The van der Waals surface area contributed by atoms with E-state index < -0.39 is 11.9 Å². The van der Waals surface area contributed by atoms with E-state index in [0.29, 0.717) is 12.1 Å². The zero-order chi connectivity index (χ0) is 17.5. The van der Waals surface area contributed by atoms with E-state index in [4.69, 9.17) is 4.74 Å². The smallest absolute Gasteiger partial charge is 0.222 e. The highest BCUT2D eigenvalue weighted by atomic mass is 19.1. The molecule has 2 rings (SSSR count). The Labute approximate surface area is 142 Å². The average molecular weight is 338 g/mol. The standard InChI is InChI=1S/C18H27FN2O3/c1-13-11-21(12-14(2)24-13)8-4-7-20-18(23)10-17(22)15-5-3-6-16(19)9-15/h3,5-6,9,13-14,17,22H,4,7-8,10-12H2,1-2H3,(H,20,23). The lowest BCUT2D eigenvalue weighted by atomic mass is 10.1. The molecule has 1 aromatic carbocycles. The summed E-state index contributed by atoms with van der Waals surface area (Å²) in [7, 11) is 0. The van der Waals surface area contributed by atoms with E-state index in [1.165, 1.54) is 18.2 Å². The van der Waals surface area contributed by atoms with E-state index in [9.17, 15) is 14.3 Å². The van der Waals surface area contributed by atoms with Gasteiger partial charge in [0, 0.05) is 26.2 Å². The Morgan fingerprint density at radius 1 is 1.42 bits per heavy atom. The molecule has 1 aromatic rings. The number of halogens is 1. The van der Waals surface area contributed by atoms with Gasteiger partial charge in [-0.25, -0.2) is 4.39 Å². The van der Waals surface area contributed by atoms with Crippen molar-refractivity contribution in [3.63, 3.8) is 0 Å². The van der Waals surface area contributed by atoms with E-state index in [-0.39, 0.29) is 24.5 Å². The fourth-order valence-corrected chi connectivity index (χ4v) is 3.08. The SMILES string of the molecule is CC1CN(CCCNC(=O)CC(O)c2cccc(F)c2)CC(C)O1. The number of rotatable bonds is 7. The highest BCUT2D eigenvalue weighted by Gasteiger charge is 2.21. The quantitative estimate of drug-likeness (QED) is 0.745. The van der Waals surface area contributed by atoms with E-state index in [1.54, 1.807) is 6.07 Å². The van der Waals surface area contributed by atoms with E-state index in [0.717, 1.165) is 26.1 Å². The largest absolute Gasteiger partial charge is 0.388 e. The van der Waals surface area contributed by atoms with E-state index >= 15 is 0 Å². The minimum atomic E-state index is -0.985. The van der Waals surface area contributed by atoms with Crippen LogP contribution in [0.1, 0.15) is 38.4 Å². The number of hydrogen-bond acceptors (Lipinski definition) is 4. The Hall–Kier alpha value is -1.50. The molecular weight excluding hydrogens is 311 g/mol. The number of aliphatic hydroxyl groups excluding tert-OH is 1. The predicted molar refractivity (Wildman–Crippen MR) is 90.1 cm³/mol. The Morgan fingerprint density at radius 2 is 2.12 bits per heavy atom. The summed E-state index contributed by atoms with van der Waals surface area (Å²) < 4.78 is 18.8. The molecular formula is C18H27FN2O3. The summed E-state index contributed by atoms with van der Waals surface area (Å²) in [5.74, 6) is -0.642. The molecule has 1 amide bonds. The number of benzene rings is 1. The van der Waals surface area contributed by atoms with Crippen LogP contribution in [0, 0.1) is 5.82 Å². The van der Waals surface area contributed by atoms with Crippen LogP contribution < -0.4 is 5.32 Å². The third-order valence-electron chi connectivity index (χ3n) is 4.08. The molecule has 134 valence electrons. The number of nitrogens with one attached hydrogen (secondary N) is 1. The van der Waals surface area contributed by atoms with E-state index in [2.05, 4.69) is 24.1 Å². The summed E-state index contributed by atoms with van der Waals surface area (Å²) in [5, 5.41) is 12.8. The topological polar surface area (TPSA) is 61.8 Å². The normalized spacial score (nSPS) is 23.0. The monoisotopic (exact) mass is 338 g/mol. The second-order valence-corrected chi connectivity index (χ2v) is 6.50. The maximum Gasteiger partial charge on any atom is 0.222 e. The summed E-state index contributed by atoms with van der Waals surface area (Å²) in [6.45, 7) is 7.43. The summed E-state index contributed by atoms with van der Waals surface area (Å²) in [6.07, 6.45) is 0.284. The minimum Gasteiger partial charge on any atom is -0.388 e. The van der Waals surface area contributed by atoms with Gasteiger partial charge < -0.3 is 15.2 Å². The molecule has 1 saturated heterocycles. The van der Waals surface area contributed by atoms with Crippen molar-refractivity contribution >= 4 is 5.91 Å². The Kier molecular flexibility index (Phi) is 7.15. The number of hydrogen-bond donors (Lipinski definition) is 2. The van der Waals surface area contributed by atoms with Crippen molar-refractivity contribution in [2.45, 2.75) is 45.0 Å². The van der Waals surface area contributed by atoms with Crippen LogP contribution in [0.3, 0.4) is 0 Å². The molecule has 0 aromatic heterocycles. The molecule has 3 unspecified atom stereocenters. The summed E-state index contributed by atoms with van der Waals surface area (Å²) in [6, 6.07) is 5.69. The van der Waals surface area contributed by atoms with Gasteiger partial charge in [-0.2, -0.15) is 0 Å². The van der Waals surface area contributed by atoms with Crippen LogP contribution in [0.2, 0.25) is 0 Å². The van der Waals surface area contributed by atoms with Gasteiger partial charge >= 0.3 is 0 Å². The van der Waals surface area contributed by atoms with Crippen LogP contribution in [0.5, 0.6) is 0 Å². The van der Waals surface area contributed by atoms with Crippen molar-refractivity contribution in [2.24, 2.45) is 0 Å². The Morgan fingerprint density at radius 3 is 2.79 bits per heavy atom. The first-order valence-electron chi connectivity index (χ1n) is 8.52. The molecule has 3 atom stereocenters. The molecule has 1 aliphatic heterocycles. The molecule has 0 spiro atoms. The van der Waals surface area contributed by atoms with Crippen LogP contribution in [-0.4, -0.2) is 54.3 Å². The van der Waals surface area contributed by atoms with Gasteiger partial charge in [-0.05, 0) is 38.0 Å². The molecule has 24 heavy (non-hydrogen) atoms. The Bertz CT molecular complexity index is 531. The zero-order valence-electron chi connectivity index (χ0n) is 14.4. The molecule has 6 heteroatoms. The maximum atomic E-state index is 13.1. The summed E-state index contributed by atoms with van der Waals surface area (Å²) in [5.41, 5.74) is 0.418. The summed E-state index contributed by atoms with van der Waals surface area (Å²) in [4.78, 5) is 14.2. The van der Waals surface area contributed by atoms with Gasteiger partial charge in [0.25, 0.3) is 0 Å². The molecule has 0 bridgehead atoms. The number of nitrogens with zero attached hydrogens (tertiary/aromatic N) is 1. The lowest BCUT2D eigenvalue weighted by molar-refractivity contribution is -0.123. The molecule has 2 N–H and O–H groups in total. The van der Waals surface area contributed by atoms with Crippen LogP contribution in [-0.2, 0) is 9.53 Å². The highest BCUT2D eigenvalue weighted by molar-refractivity contribution is 5.76. The predicted octanol–water partition coefficient (Wildman–Crippen LogP) is 1.86. The average Bonchev–Trinajstić information content (AvgIpc) is 2.50. The lowest BCUT2D eigenvalue weighted by Crippen LogP contribution is -2.46. The van der Waals surface area contributed by atoms with Gasteiger partial charge in [0.05, 0.1) is 24.7 Å². The van der Waals surface area contributed by atoms with Gasteiger partial charge in [-0.15, -0.1) is 0 Å². The van der Waals surface area contributed by atoms with Gasteiger partial charge in [0.15, 0.2) is 0 Å². The van der Waals surface area contributed by atoms with Crippen LogP contribution >= 0.6 is 0 Å². The van der Waals surface area contributed by atoms with Crippen LogP contribution in [0.25, 0.3) is 0 Å². The van der Waals surface area contributed by atoms with Crippen LogP contribution in [0.15, 0.2) is 24.3 Å². The van der Waals surface area contributed by atoms with Crippen LogP contribution in [0.4, 0.5) is 4.39 Å². The molecule has 1 heterocycles. The fourth-order valence-electron chi connectivity index (χ4n) is 3.08. The van der Waals surface area contributed by atoms with E-state index in [1.807, 2.05) is 0 Å². The van der Waals surface area contributed by atoms with Crippen molar-refractivity contribution in [1.29, 1.82) is 0 Å². The minimum absolute atomic E-state index is 0.0604. The number of ether oxygens (including phenoxy) is 1. The van der Waals surface area contributed by atoms with Gasteiger partial charge in [-0.1, -0.05) is 12.1 Å². The summed E-state index contributed by atoms with van der Waals surface area (Å²) >= 11 is 0.